The van der Waals surface area contributed by atoms with E-state index in [4.69, 9.17) is 17.0 Å². The Morgan fingerprint density at radius 1 is 1.57 bits per heavy atom. The lowest BCUT2D eigenvalue weighted by molar-refractivity contribution is 0.211. The van der Waals surface area contributed by atoms with E-state index in [-0.39, 0.29) is 0 Å². The monoisotopic (exact) mass is 191 g/mol. The van der Waals surface area contributed by atoms with E-state index in [1.54, 1.807) is 25.3 Å². The lowest BCUT2D eigenvalue weighted by Gasteiger charge is -2.08. The second-order valence-electron chi connectivity index (χ2n) is 2.80. The third kappa shape index (κ3) is 2.64. The number of hydrogen-bond acceptors (Lipinski definition) is 3. The van der Waals surface area contributed by atoms with Gasteiger partial charge in [-0.2, -0.15) is 0 Å². The van der Waals surface area contributed by atoms with Gasteiger partial charge in [-0.3, -0.25) is 0 Å². The maximum Gasteiger partial charge on any atom is 0.189 e. The Bertz CT molecular complexity index is 344. The molecule has 0 unspecified atom stereocenters. The maximum absolute atomic E-state index is 6.86. The van der Waals surface area contributed by atoms with E-state index in [1.165, 1.54) is 0 Å². The Morgan fingerprint density at radius 2 is 2.36 bits per heavy atom. The van der Waals surface area contributed by atoms with Gasteiger partial charge >= 0.3 is 0 Å². The fourth-order valence-corrected chi connectivity index (χ4v) is 1.05. The number of methoxy groups -OCH3 is 1. The first-order valence-electron chi connectivity index (χ1n) is 4.27. The lowest BCUT2D eigenvalue weighted by atomic mass is 10.2. The molecule has 0 aromatic heterocycles. The minimum atomic E-state index is 0.583. The van der Waals surface area contributed by atoms with Crippen molar-refractivity contribution in [1.82, 2.24) is 0 Å². The van der Waals surface area contributed by atoms with Crippen molar-refractivity contribution in [2.75, 3.05) is 31.3 Å². The molecule has 0 amide bonds. The Labute approximate surface area is 83.5 Å². The van der Waals surface area contributed by atoms with Gasteiger partial charge in [-0.1, -0.05) is 6.07 Å². The molecular weight excluding hydrogens is 178 g/mol. The Morgan fingerprint density at radius 3 is 3.00 bits per heavy atom. The summed E-state index contributed by atoms with van der Waals surface area (Å²) < 4.78 is 4.90. The van der Waals surface area contributed by atoms with E-state index in [1.807, 2.05) is 0 Å². The van der Waals surface area contributed by atoms with Crippen molar-refractivity contribution in [2.45, 2.75) is 0 Å². The Balaban J connectivity index is 2.70. The van der Waals surface area contributed by atoms with Crippen LogP contribution in [0.25, 0.3) is 4.85 Å². The number of hydrogen-bond donors (Lipinski definition) is 2. The van der Waals surface area contributed by atoms with Crippen LogP contribution in [-0.2, 0) is 4.74 Å². The highest BCUT2D eigenvalue weighted by molar-refractivity contribution is 5.71. The summed E-state index contributed by atoms with van der Waals surface area (Å²) in [6, 6.07) is 5.16. The molecule has 0 heterocycles. The first-order valence-corrected chi connectivity index (χ1v) is 4.27. The summed E-state index contributed by atoms with van der Waals surface area (Å²) in [5.74, 6) is 0. The number of rotatable bonds is 4. The molecule has 0 spiro atoms. The van der Waals surface area contributed by atoms with Crippen LogP contribution in [0.5, 0.6) is 0 Å². The first kappa shape index (κ1) is 10.4. The molecule has 4 nitrogen and oxygen atoms in total. The molecule has 3 N–H and O–H groups in total. The average Bonchev–Trinajstić information content (AvgIpc) is 2.21. The molecule has 0 radical (unpaired) electrons. The molecule has 0 saturated heterocycles. The number of anilines is 2. The third-order valence-electron chi connectivity index (χ3n) is 1.79. The van der Waals surface area contributed by atoms with Crippen molar-refractivity contribution in [3.63, 3.8) is 0 Å². The summed E-state index contributed by atoms with van der Waals surface area (Å²) in [6.07, 6.45) is 0. The van der Waals surface area contributed by atoms with Crippen LogP contribution in [-0.4, -0.2) is 20.3 Å². The van der Waals surface area contributed by atoms with Gasteiger partial charge in [0.1, 0.15) is 0 Å². The quantitative estimate of drug-likeness (QED) is 0.434. The second-order valence-corrected chi connectivity index (χ2v) is 2.80. The number of nitrogens with zero attached hydrogens (tertiary/aromatic N) is 1. The molecule has 1 aromatic carbocycles. The zero-order valence-electron chi connectivity index (χ0n) is 8.08. The fourth-order valence-electron chi connectivity index (χ4n) is 1.05. The van der Waals surface area contributed by atoms with Gasteiger partial charge < -0.3 is 15.8 Å². The smallest absolute Gasteiger partial charge is 0.189 e. The van der Waals surface area contributed by atoms with Crippen molar-refractivity contribution in [1.29, 1.82) is 0 Å². The van der Waals surface area contributed by atoms with Crippen molar-refractivity contribution in [3.8, 4) is 0 Å². The van der Waals surface area contributed by atoms with Crippen LogP contribution in [0.3, 0.4) is 0 Å². The van der Waals surface area contributed by atoms with Crippen LogP contribution in [0, 0.1) is 6.57 Å². The molecule has 0 atom stereocenters. The van der Waals surface area contributed by atoms with Gasteiger partial charge in [0, 0.05) is 19.3 Å². The number of ether oxygens (including phenoxy) is 1. The highest BCUT2D eigenvalue weighted by Gasteiger charge is 1.99. The van der Waals surface area contributed by atoms with Crippen LogP contribution < -0.4 is 11.1 Å². The molecule has 0 fully saturated rings. The van der Waals surface area contributed by atoms with Crippen molar-refractivity contribution < 1.29 is 4.74 Å². The normalized spacial score (nSPS) is 9.43. The summed E-state index contributed by atoms with van der Waals surface area (Å²) in [5.41, 5.74) is 7.74. The van der Waals surface area contributed by atoms with Crippen molar-refractivity contribution in [3.05, 3.63) is 29.6 Å². The van der Waals surface area contributed by atoms with E-state index < -0.39 is 0 Å². The molecule has 1 aromatic rings. The van der Waals surface area contributed by atoms with Crippen LogP contribution >= 0.6 is 0 Å². The molecule has 0 aliphatic carbocycles. The minimum absolute atomic E-state index is 0.583. The highest BCUT2D eigenvalue weighted by Crippen LogP contribution is 2.24. The van der Waals surface area contributed by atoms with Gasteiger partial charge in [0.25, 0.3) is 0 Å². The lowest BCUT2D eigenvalue weighted by Crippen LogP contribution is -2.08. The minimum Gasteiger partial charge on any atom is -0.397 e. The summed E-state index contributed by atoms with van der Waals surface area (Å²) >= 11 is 0. The summed E-state index contributed by atoms with van der Waals surface area (Å²) in [5, 5.41) is 3.10. The Hall–Kier alpha value is -1.73. The van der Waals surface area contributed by atoms with Crippen LogP contribution in [0.15, 0.2) is 18.2 Å². The molecule has 0 bridgehead atoms. The molecule has 4 heteroatoms. The molecule has 0 aliphatic heterocycles. The van der Waals surface area contributed by atoms with Crippen LogP contribution in [0.2, 0.25) is 0 Å². The zero-order chi connectivity index (χ0) is 10.4. The third-order valence-corrected chi connectivity index (χ3v) is 1.79. The fraction of sp³-hybridized carbons (Fsp3) is 0.300. The standard InChI is InChI=1S/C10H13N3O/c1-12-8-3-4-9(11)10(7-8)13-5-6-14-2/h3-4,7,13H,5-6,11H2,2H3. The molecule has 0 aliphatic rings. The highest BCUT2D eigenvalue weighted by atomic mass is 16.5. The number of nitrogen functional groups attached to an aromatic ring is 1. The number of benzene rings is 1. The molecule has 74 valence electrons. The van der Waals surface area contributed by atoms with Gasteiger partial charge in [0.15, 0.2) is 5.69 Å². The summed E-state index contributed by atoms with van der Waals surface area (Å²) in [6.45, 7) is 8.15. The molecule has 0 saturated carbocycles. The number of nitrogens with two attached hydrogens (primary N) is 1. The van der Waals surface area contributed by atoms with E-state index in [0.29, 0.717) is 24.5 Å². The molecule has 1 rings (SSSR count). The number of nitrogens with one attached hydrogen (secondary N) is 1. The largest absolute Gasteiger partial charge is 0.397 e. The summed E-state index contributed by atoms with van der Waals surface area (Å²) in [4.78, 5) is 3.32. The van der Waals surface area contributed by atoms with E-state index in [9.17, 15) is 0 Å². The SMILES string of the molecule is [C-]#[N+]c1ccc(N)c(NCCOC)c1. The van der Waals surface area contributed by atoms with E-state index in [2.05, 4.69) is 10.2 Å². The molecule has 14 heavy (non-hydrogen) atoms. The topological polar surface area (TPSA) is 51.6 Å². The van der Waals surface area contributed by atoms with Crippen LogP contribution in [0.1, 0.15) is 0 Å². The van der Waals surface area contributed by atoms with Gasteiger partial charge in [0.2, 0.25) is 0 Å². The molecular formula is C10H13N3O. The van der Waals surface area contributed by atoms with Gasteiger partial charge in [0.05, 0.1) is 18.9 Å². The Kier molecular flexibility index (Phi) is 3.77. The second kappa shape index (κ2) is 5.10. The van der Waals surface area contributed by atoms with Gasteiger partial charge in [-0.25, -0.2) is 4.85 Å². The average molecular weight is 191 g/mol. The predicted octanol–water partition coefficient (Wildman–Crippen LogP) is 1.88. The van der Waals surface area contributed by atoms with Crippen molar-refractivity contribution >= 4 is 17.1 Å². The summed E-state index contributed by atoms with van der Waals surface area (Å²) in [7, 11) is 1.64. The zero-order valence-corrected chi connectivity index (χ0v) is 8.08. The first-order chi connectivity index (χ1) is 6.77. The predicted molar refractivity (Wildman–Crippen MR) is 57.5 cm³/mol. The van der Waals surface area contributed by atoms with E-state index in [0.717, 1.165) is 5.69 Å². The van der Waals surface area contributed by atoms with Crippen molar-refractivity contribution in [2.24, 2.45) is 0 Å². The van der Waals surface area contributed by atoms with E-state index >= 15 is 0 Å². The van der Waals surface area contributed by atoms with Gasteiger partial charge in [-0.05, 0) is 12.1 Å². The van der Waals surface area contributed by atoms with Crippen LogP contribution in [0.4, 0.5) is 17.1 Å². The maximum atomic E-state index is 6.86. The van der Waals surface area contributed by atoms with Gasteiger partial charge in [-0.15, -0.1) is 0 Å².